The number of nitro benzene ring substituents is 1. The number of nitro groups is 1. The van der Waals surface area contributed by atoms with Crippen molar-refractivity contribution >= 4 is 27.5 Å². The summed E-state index contributed by atoms with van der Waals surface area (Å²) in [6.45, 7) is 1.67. The number of hydrogen-bond acceptors (Lipinski definition) is 5. The number of para-hydroxylation sites is 1. The van der Waals surface area contributed by atoms with Crippen molar-refractivity contribution in [1.29, 1.82) is 0 Å². The smallest absolute Gasteiger partial charge is 0.276 e. The molecule has 0 spiro atoms. The van der Waals surface area contributed by atoms with Crippen molar-refractivity contribution in [3.63, 3.8) is 0 Å². The largest absolute Gasteiger partial charge is 0.346 e. The molecule has 2 rings (SSSR count). The molecule has 0 radical (unpaired) electrons. The molecule has 8 heteroatoms. The van der Waals surface area contributed by atoms with E-state index in [1.165, 1.54) is 24.3 Å². The maximum absolute atomic E-state index is 11.9. The van der Waals surface area contributed by atoms with Crippen LogP contribution < -0.4 is 5.32 Å². The fraction of sp³-hybridized carbons (Fsp3) is 0.357. The quantitative estimate of drug-likeness (QED) is 0.510. The van der Waals surface area contributed by atoms with Gasteiger partial charge in [0.15, 0.2) is 9.84 Å². The Labute approximate surface area is 128 Å². The number of carbonyl (C=O) groups excluding carboxylic acids is 1. The van der Waals surface area contributed by atoms with E-state index in [1.807, 2.05) is 0 Å². The Kier molecular flexibility index (Phi) is 4.32. The number of nitrogens with zero attached hydrogens (tertiary/aromatic N) is 1. The summed E-state index contributed by atoms with van der Waals surface area (Å²) in [6, 6.07) is 6.06. The van der Waals surface area contributed by atoms with Crippen LogP contribution in [0.25, 0.3) is 6.08 Å². The summed E-state index contributed by atoms with van der Waals surface area (Å²) in [5.74, 6) is -0.513. The van der Waals surface area contributed by atoms with E-state index in [0.29, 0.717) is 12.0 Å². The topological polar surface area (TPSA) is 106 Å². The summed E-state index contributed by atoms with van der Waals surface area (Å²) in [5.41, 5.74) is -0.573. The Morgan fingerprint density at radius 3 is 2.68 bits per heavy atom. The van der Waals surface area contributed by atoms with Gasteiger partial charge in [0.05, 0.1) is 27.5 Å². The normalized spacial score (nSPS) is 23.5. The lowest BCUT2D eigenvalue weighted by Crippen LogP contribution is -2.46. The van der Waals surface area contributed by atoms with Crippen molar-refractivity contribution < 1.29 is 18.1 Å². The second-order valence-corrected chi connectivity index (χ2v) is 7.73. The van der Waals surface area contributed by atoms with Crippen LogP contribution >= 0.6 is 0 Å². The minimum atomic E-state index is -3.11. The number of carbonyl (C=O) groups is 1. The van der Waals surface area contributed by atoms with Crippen LogP contribution in [0, 0.1) is 10.1 Å². The Balaban J connectivity index is 2.08. The molecular weight excluding hydrogens is 308 g/mol. The third-order valence-electron chi connectivity index (χ3n) is 3.48. The van der Waals surface area contributed by atoms with Gasteiger partial charge in [0.25, 0.3) is 5.69 Å². The molecule has 0 aliphatic carbocycles. The van der Waals surface area contributed by atoms with Crippen LogP contribution in [-0.4, -0.2) is 36.3 Å². The molecule has 1 amide bonds. The Hall–Kier alpha value is -2.22. The van der Waals surface area contributed by atoms with Crippen LogP contribution in [0.15, 0.2) is 30.3 Å². The zero-order valence-electron chi connectivity index (χ0n) is 12.0. The van der Waals surface area contributed by atoms with Gasteiger partial charge in [-0.25, -0.2) is 8.42 Å². The maximum Gasteiger partial charge on any atom is 0.276 e. The predicted molar refractivity (Wildman–Crippen MR) is 81.9 cm³/mol. The third kappa shape index (κ3) is 3.91. The van der Waals surface area contributed by atoms with Gasteiger partial charge in [-0.1, -0.05) is 12.1 Å². The monoisotopic (exact) mass is 324 g/mol. The highest BCUT2D eigenvalue weighted by atomic mass is 32.2. The van der Waals surface area contributed by atoms with E-state index in [0.717, 1.165) is 0 Å². The summed E-state index contributed by atoms with van der Waals surface area (Å²) in [4.78, 5) is 22.3. The van der Waals surface area contributed by atoms with Crippen LogP contribution in [0.5, 0.6) is 0 Å². The molecule has 1 unspecified atom stereocenters. The number of nitrogens with one attached hydrogen (secondary N) is 1. The number of rotatable bonds is 4. The Morgan fingerprint density at radius 2 is 2.09 bits per heavy atom. The molecule has 0 bridgehead atoms. The van der Waals surface area contributed by atoms with Gasteiger partial charge < -0.3 is 5.32 Å². The zero-order valence-corrected chi connectivity index (χ0v) is 12.8. The molecule has 1 aromatic rings. The standard InChI is InChI=1S/C14H16N2O5S/c1-14(8-9-22(20,21)10-14)15-13(17)7-6-11-4-2-3-5-12(11)16(18)19/h2-7H,8-10H2,1H3,(H,15,17). The highest BCUT2D eigenvalue weighted by Crippen LogP contribution is 2.23. The second kappa shape index (κ2) is 5.88. The van der Waals surface area contributed by atoms with Crippen LogP contribution in [0.3, 0.4) is 0 Å². The van der Waals surface area contributed by atoms with Gasteiger partial charge in [0.2, 0.25) is 5.91 Å². The summed E-state index contributed by atoms with van der Waals surface area (Å²) in [5, 5.41) is 13.5. The minimum absolute atomic E-state index is 0.0532. The number of hydrogen-bond donors (Lipinski definition) is 1. The molecule has 118 valence electrons. The molecule has 1 aromatic carbocycles. The van der Waals surface area contributed by atoms with Crippen molar-refractivity contribution in [2.45, 2.75) is 18.9 Å². The molecule has 1 saturated heterocycles. The SMILES string of the molecule is CC1(NC(=O)C=Cc2ccccc2[N+](=O)[O-])CCS(=O)(=O)C1. The van der Waals surface area contributed by atoms with E-state index in [4.69, 9.17) is 0 Å². The molecule has 0 saturated carbocycles. The molecule has 7 nitrogen and oxygen atoms in total. The molecule has 1 fully saturated rings. The highest BCUT2D eigenvalue weighted by Gasteiger charge is 2.39. The first-order chi connectivity index (χ1) is 10.2. The number of benzene rings is 1. The molecule has 1 atom stereocenters. The van der Waals surface area contributed by atoms with Crippen LogP contribution in [0.1, 0.15) is 18.9 Å². The molecule has 22 heavy (non-hydrogen) atoms. The first kappa shape index (κ1) is 16.2. The van der Waals surface area contributed by atoms with Crippen LogP contribution in [-0.2, 0) is 14.6 Å². The van der Waals surface area contributed by atoms with E-state index in [2.05, 4.69) is 5.32 Å². The van der Waals surface area contributed by atoms with Crippen molar-refractivity contribution in [1.82, 2.24) is 5.32 Å². The second-order valence-electron chi connectivity index (χ2n) is 5.54. The van der Waals surface area contributed by atoms with Gasteiger partial charge in [-0.2, -0.15) is 0 Å². The molecule has 1 aliphatic heterocycles. The van der Waals surface area contributed by atoms with Crippen LogP contribution in [0.2, 0.25) is 0 Å². The van der Waals surface area contributed by atoms with Crippen molar-refractivity contribution in [3.8, 4) is 0 Å². The van der Waals surface area contributed by atoms with Gasteiger partial charge >= 0.3 is 0 Å². The van der Waals surface area contributed by atoms with E-state index < -0.39 is 26.2 Å². The van der Waals surface area contributed by atoms with E-state index in [-0.39, 0.29) is 17.2 Å². The Morgan fingerprint density at radius 1 is 1.41 bits per heavy atom. The Bertz CT molecular complexity index is 741. The summed E-state index contributed by atoms with van der Waals surface area (Å²) in [7, 11) is -3.11. The lowest BCUT2D eigenvalue weighted by molar-refractivity contribution is -0.385. The zero-order chi connectivity index (χ0) is 16.4. The average molecular weight is 324 g/mol. The average Bonchev–Trinajstić information content (AvgIpc) is 2.70. The summed E-state index contributed by atoms with van der Waals surface area (Å²) < 4.78 is 23.0. The van der Waals surface area contributed by atoms with Gasteiger partial charge in [-0.05, 0) is 25.5 Å². The molecule has 1 heterocycles. The molecular formula is C14H16N2O5S. The molecule has 0 aromatic heterocycles. The van der Waals surface area contributed by atoms with Crippen LogP contribution in [0.4, 0.5) is 5.69 Å². The summed E-state index contributed by atoms with van der Waals surface area (Å²) >= 11 is 0. The molecule has 1 N–H and O–H groups in total. The van der Waals surface area contributed by atoms with E-state index in [9.17, 15) is 23.3 Å². The van der Waals surface area contributed by atoms with Crippen molar-refractivity contribution in [2.24, 2.45) is 0 Å². The minimum Gasteiger partial charge on any atom is -0.346 e. The third-order valence-corrected chi connectivity index (χ3v) is 5.38. The first-order valence-corrected chi connectivity index (χ1v) is 8.47. The fourth-order valence-electron chi connectivity index (χ4n) is 2.41. The van der Waals surface area contributed by atoms with Crippen molar-refractivity contribution in [3.05, 3.63) is 46.0 Å². The summed E-state index contributed by atoms with van der Waals surface area (Å²) in [6.07, 6.45) is 2.89. The highest BCUT2D eigenvalue weighted by molar-refractivity contribution is 7.91. The van der Waals surface area contributed by atoms with Gasteiger partial charge in [0.1, 0.15) is 0 Å². The number of sulfone groups is 1. The fourth-order valence-corrected chi connectivity index (χ4v) is 4.50. The van der Waals surface area contributed by atoms with Gasteiger partial charge in [-0.15, -0.1) is 0 Å². The van der Waals surface area contributed by atoms with E-state index >= 15 is 0 Å². The lowest BCUT2D eigenvalue weighted by atomic mass is 10.0. The van der Waals surface area contributed by atoms with E-state index in [1.54, 1.807) is 19.1 Å². The lowest BCUT2D eigenvalue weighted by Gasteiger charge is -2.22. The molecule has 1 aliphatic rings. The first-order valence-electron chi connectivity index (χ1n) is 6.65. The maximum atomic E-state index is 11.9. The van der Waals surface area contributed by atoms with Gasteiger partial charge in [0, 0.05) is 12.1 Å². The predicted octanol–water partition coefficient (Wildman–Crippen LogP) is 1.30. The van der Waals surface area contributed by atoms with Crippen molar-refractivity contribution in [2.75, 3.05) is 11.5 Å². The number of amides is 1. The van der Waals surface area contributed by atoms with Gasteiger partial charge in [-0.3, -0.25) is 14.9 Å².